The largest absolute Gasteiger partial charge is 0.376 e. The lowest BCUT2D eigenvalue weighted by Crippen LogP contribution is -2.14. The molecule has 1 unspecified atom stereocenters. The average molecular weight is 316 g/mol. The van der Waals surface area contributed by atoms with Crippen LogP contribution >= 0.6 is 34.5 Å². The monoisotopic (exact) mass is 315 g/mol. The van der Waals surface area contributed by atoms with Crippen LogP contribution in [0.1, 0.15) is 18.5 Å². The van der Waals surface area contributed by atoms with Gasteiger partial charge in [-0.3, -0.25) is 4.98 Å². The highest BCUT2D eigenvalue weighted by atomic mass is 35.5. The predicted octanol–water partition coefficient (Wildman–Crippen LogP) is 4.69. The van der Waals surface area contributed by atoms with E-state index in [-0.39, 0.29) is 6.04 Å². The summed E-state index contributed by atoms with van der Waals surface area (Å²) in [4.78, 5) is 6.20. The normalized spacial score (nSPS) is 12.3. The Morgan fingerprint density at radius 1 is 1.37 bits per heavy atom. The second-order valence-electron chi connectivity index (χ2n) is 4.43. The predicted molar refractivity (Wildman–Crippen MR) is 84.9 cm³/mol. The minimum absolute atomic E-state index is 0.0687. The van der Waals surface area contributed by atoms with Crippen LogP contribution in [-0.2, 0) is 0 Å². The molecule has 3 nitrogen and oxygen atoms in total. The Balaban J connectivity index is 2.24. The van der Waals surface area contributed by atoms with Crippen molar-refractivity contribution in [1.82, 2.24) is 4.98 Å². The molecule has 0 aliphatic rings. The molecule has 0 bridgehead atoms. The molecule has 0 aliphatic carbocycles. The summed E-state index contributed by atoms with van der Waals surface area (Å²) >= 11 is 13.5. The molecule has 102 valence electrons. The smallest absolute Gasteiger partial charge is 0.0996 e. The summed E-state index contributed by atoms with van der Waals surface area (Å²) in [6.45, 7) is 2.05. The van der Waals surface area contributed by atoms with Crippen molar-refractivity contribution >= 4 is 45.9 Å². The van der Waals surface area contributed by atoms with Crippen molar-refractivity contribution in [2.24, 2.45) is 0 Å². The number of hydrogen-bond donors (Lipinski definition) is 1. The van der Waals surface area contributed by atoms with Crippen molar-refractivity contribution in [3.8, 4) is 0 Å². The van der Waals surface area contributed by atoms with E-state index < -0.39 is 0 Å². The van der Waals surface area contributed by atoms with Gasteiger partial charge in [0.15, 0.2) is 0 Å². The fraction of sp³-hybridized carbons (Fsp3) is 0.308. The highest BCUT2D eigenvalue weighted by Crippen LogP contribution is 2.37. The van der Waals surface area contributed by atoms with Crippen LogP contribution in [0.2, 0.25) is 8.67 Å². The summed E-state index contributed by atoms with van der Waals surface area (Å²) < 4.78 is 1.42. The molecule has 0 saturated heterocycles. The van der Waals surface area contributed by atoms with E-state index in [0.29, 0.717) is 4.34 Å². The molecular formula is C13H15Cl2N3S. The van der Waals surface area contributed by atoms with Crippen LogP contribution < -0.4 is 10.2 Å². The Bertz CT molecular complexity index is 569. The third-order valence-corrected chi connectivity index (χ3v) is 4.32. The number of nitrogens with one attached hydrogen (secondary N) is 1. The maximum atomic E-state index is 6.18. The Kier molecular flexibility index (Phi) is 4.55. The zero-order valence-electron chi connectivity index (χ0n) is 10.9. The first-order valence-corrected chi connectivity index (χ1v) is 7.39. The third-order valence-electron chi connectivity index (χ3n) is 2.80. The van der Waals surface area contributed by atoms with E-state index in [9.17, 15) is 0 Å². The van der Waals surface area contributed by atoms with Crippen LogP contribution in [0.15, 0.2) is 24.5 Å². The number of rotatable bonds is 4. The molecule has 2 aromatic heterocycles. The molecule has 0 aromatic carbocycles. The van der Waals surface area contributed by atoms with Crippen LogP contribution in [0, 0.1) is 0 Å². The summed E-state index contributed by atoms with van der Waals surface area (Å²) in [7, 11) is 4.00. The van der Waals surface area contributed by atoms with Crippen LogP contribution in [0.3, 0.4) is 0 Å². The fourth-order valence-corrected chi connectivity index (χ4v) is 3.49. The zero-order valence-corrected chi connectivity index (χ0v) is 13.3. The number of aromatic nitrogens is 1. The second kappa shape index (κ2) is 5.99. The number of thiophene rings is 1. The second-order valence-corrected chi connectivity index (χ2v) is 6.72. The third kappa shape index (κ3) is 3.32. The molecule has 0 saturated carbocycles. The molecule has 1 atom stereocenters. The van der Waals surface area contributed by atoms with E-state index in [0.717, 1.165) is 21.3 Å². The van der Waals surface area contributed by atoms with E-state index in [2.05, 4.69) is 17.2 Å². The lowest BCUT2D eigenvalue weighted by atomic mass is 10.1. The van der Waals surface area contributed by atoms with Gasteiger partial charge in [0, 0.05) is 25.9 Å². The van der Waals surface area contributed by atoms with E-state index in [4.69, 9.17) is 23.2 Å². The Morgan fingerprint density at radius 2 is 2.11 bits per heavy atom. The molecule has 2 rings (SSSR count). The lowest BCUT2D eigenvalue weighted by molar-refractivity contribution is 0.886. The topological polar surface area (TPSA) is 28.2 Å². The Hall–Kier alpha value is -0.970. The van der Waals surface area contributed by atoms with Crippen molar-refractivity contribution in [1.29, 1.82) is 0 Å². The molecule has 0 radical (unpaired) electrons. The van der Waals surface area contributed by atoms with E-state index in [1.165, 1.54) is 11.3 Å². The number of nitrogens with zero attached hydrogens (tertiary/aromatic N) is 2. The quantitative estimate of drug-likeness (QED) is 0.887. The van der Waals surface area contributed by atoms with Crippen molar-refractivity contribution < 1.29 is 0 Å². The molecule has 2 aromatic rings. The van der Waals surface area contributed by atoms with Gasteiger partial charge in [0.25, 0.3) is 0 Å². The van der Waals surface area contributed by atoms with Gasteiger partial charge in [0.1, 0.15) is 0 Å². The van der Waals surface area contributed by atoms with Gasteiger partial charge < -0.3 is 10.2 Å². The number of pyridine rings is 1. The van der Waals surface area contributed by atoms with Gasteiger partial charge in [-0.05, 0) is 19.1 Å². The van der Waals surface area contributed by atoms with Crippen molar-refractivity contribution in [2.45, 2.75) is 13.0 Å². The molecule has 6 heteroatoms. The molecule has 1 N–H and O–H groups in total. The van der Waals surface area contributed by atoms with Crippen LogP contribution in [-0.4, -0.2) is 19.1 Å². The summed E-state index contributed by atoms with van der Waals surface area (Å²) in [6, 6.07) is 3.94. The number of halogens is 2. The van der Waals surface area contributed by atoms with Gasteiger partial charge in [0.2, 0.25) is 0 Å². The van der Waals surface area contributed by atoms with Crippen LogP contribution in [0.4, 0.5) is 11.4 Å². The van der Waals surface area contributed by atoms with E-state index in [1.807, 2.05) is 37.3 Å². The number of hydrogen-bond acceptors (Lipinski definition) is 4. The molecule has 0 spiro atoms. The first-order valence-electron chi connectivity index (χ1n) is 5.81. The van der Waals surface area contributed by atoms with E-state index >= 15 is 0 Å². The van der Waals surface area contributed by atoms with Crippen LogP contribution in [0.5, 0.6) is 0 Å². The molecule has 0 aliphatic heterocycles. The molecular weight excluding hydrogens is 301 g/mol. The summed E-state index contributed by atoms with van der Waals surface area (Å²) in [5.74, 6) is 0. The standard InChI is InChI=1S/C13H15Cl2N3S/c1-8(9-6-12(14)19-13(9)15)17-10-7-16-5-4-11(10)18(2)3/h4-8,17H,1-3H3. The van der Waals surface area contributed by atoms with Crippen molar-refractivity contribution in [3.05, 3.63) is 38.8 Å². The van der Waals surface area contributed by atoms with Gasteiger partial charge in [-0.2, -0.15) is 0 Å². The Labute approximate surface area is 127 Å². The Morgan fingerprint density at radius 3 is 2.68 bits per heavy atom. The van der Waals surface area contributed by atoms with Gasteiger partial charge in [-0.15, -0.1) is 11.3 Å². The van der Waals surface area contributed by atoms with Crippen molar-refractivity contribution in [2.75, 3.05) is 24.3 Å². The molecule has 2 heterocycles. The minimum atomic E-state index is 0.0687. The van der Waals surface area contributed by atoms with Gasteiger partial charge in [-0.1, -0.05) is 23.2 Å². The summed E-state index contributed by atoms with van der Waals surface area (Å²) in [5.41, 5.74) is 3.06. The van der Waals surface area contributed by atoms with E-state index in [1.54, 1.807) is 6.20 Å². The SMILES string of the molecule is CC(Nc1cnccc1N(C)C)c1cc(Cl)sc1Cl. The molecule has 0 amide bonds. The maximum absolute atomic E-state index is 6.18. The maximum Gasteiger partial charge on any atom is 0.0996 e. The van der Waals surface area contributed by atoms with Gasteiger partial charge in [0.05, 0.1) is 32.3 Å². The highest BCUT2D eigenvalue weighted by Gasteiger charge is 2.15. The van der Waals surface area contributed by atoms with Gasteiger partial charge in [-0.25, -0.2) is 0 Å². The lowest BCUT2D eigenvalue weighted by Gasteiger charge is -2.21. The molecule has 19 heavy (non-hydrogen) atoms. The van der Waals surface area contributed by atoms with Crippen molar-refractivity contribution in [3.63, 3.8) is 0 Å². The zero-order chi connectivity index (χ0) is 14.0. The minimum Gasteiger partial charge on any atom is -0.376 e. The first-order chi connectivity index (χ1) is 8.99. The summed E-state index contributed by atoms with van der Waals surface area (Å²) in [5, 5.41) is 3.42. The first kappa shape index (κ1) is 14.4. The summed E-state index contributed by atoms with van der Waals surface area (Å²) in [6.07, 6.45) is 3.59. The average Bonchev–Trinajstić information content (AvgIpc) is 2.69. The van der Waals surface area contributed by atoms with Gasteiger partial charge >= 0.3 is 0 Å². The highest BCUT2D eigenvalue weighted by molar-refractivity contribution is 7.20. The number of anilines is 2. The molecule has 0 fully saturated rings. The van der Waals surface area contributed by atoms with Crippen LogP contribution in [0.25, 0.3) is 0 Å². The fourth-order valence-electron chi connectivity index (χ4n) is 1.85.